The van der Waals surface area contributed by atoms with Crippen molar-refractivity contribution in [2.45, 2.75) is 26.8 Å². The number of likely N-dealkylation sites (N-methyl/N-ethyl adjacent to an activating group) is 1. The van der Waals surface area contributed by atoms with Gasteiger partial charge in [-0.15, -0.1) is 0 Å². The van der Waals surface area contributed by atoms with Gasteiger partial charge < -0.3 is 10.2 Å². The summed E-state index contributed by atoms with van der Waals surface area (Å²) in [6.45, 7) is 6.26. The molecule has 19 heavy (non-hydrogen) atoms. The van der Waals surface area contributed by atoms with Crippen molar-refractivity contribution in [3.8, 4) is 0 Å². The van der Waals surface area contributed by atoms with E-state index in [1.54, 1.807) is 17.4 Å². The molecule has 1 N–H and O–H groups in total. The zero-order valence-electron chi connectivity index (χ0n) is 11.6. The number of thiophene rings is 1. The average Bonchev–Trinajstić information content (AvgIpc) is 2.85. The van der Waals surface area contributed by atoms with Crippen LogP contribution in [0.1, 0.15) is 26.3 Å². The van der Waals surface area contributed by atoms with Crippen molar-refractivity contribution in [3.05, 3.63) is 28.5 Å². The number of carbonyl (C=O) groups excluding carboxylic acids is 2. The number of carbonyl (C=O) groups is 2. The van der Waals surface area contributed by atoms with Crippen LogP contribution in [0.5, 0.6) is 0 Å². The van der Waals surface area contributed by atoms with Crippen LogP contribution < -0.4 is 5.32 Å². The monoisotopic (exact) mass is 280 g/mol. The Balaban J connectivity index is 2.54. The maximum absolute atomic E-state index is 12.0. The van der Waals surface area contributed by atoms with E-state index in [-0.39, 0.29) is 24.4 Å². The minimum absolute atomic E-state index is 0.0858. The van der Waals surface area contributed by atoms with Crippen LogP contribution in [0.4, 0.5) is 0 Å². The van der Waals surface area contributed by atoms with Gasteiger partial charge in [0.05, 0.1) is 6.54 Å². The molecule has 1 aromatic heterocycles. The van der Waals surface area contributed by atoms with E-state index in [2.05, 4.69) is 5.32 Å². The van der Waals surface area contributed by atoms with Gasteiger partial charge >= 0.3 is 0 Å². The highest BCUT2D eigenvalue weighted by atomic mass is 32.1. The Labute approximate surface area is 118 Å². The highest BCUT2D eigenvalue weighted by Gasteiger charge is 2.13. The van der Waals surface area contributed by atoms with Gasteiger partial charge in [-0.2, -0.15) is 11.3 Å². The number of hydrogen-bond acceptors (Lipinski definition) is 3. The van der Waals surface area contributed by atoms with Gasteiger partial charge in [-0.1, -0.05) is 0 Å². The fraction of sp³-hybridized carbons (Fsp3) is 0.429. The SMILES string of the molecule is CCN(CC(=O)NC(C)C)C(=O)/C=C/c1ccsc1. The highest BCUT2D eigenvalue weighted by molar-refractivity contribution is 7.08. The molecule has 104 valence electrons. The molecule has 0 bridgehead atoms. The summed E-state index contributed by atoms with van der Waals surface area (Å²) in [7, 11) is 0. The maximum Gasteiger partial charge on any atom is 0.247 e. The molecule has 0 fully saturated rings. The van der Waals surface area contributed by atoms with Crippen molar-refractivity contribution in [3.63, 3.8) is 0 Å². The molecule has 1 heterocycles. The Hall–Kier alpha value is -1.62. The molecular formula is C14H20N2O2S. The topological polar surface area (TPSA) is 49.4 Å². The third-order valence-electron chi connectivity index (χ3n) is 2.44. The second-order valence-electron chi connectivity index (χ2n) is 4.46. The van der Waals surface area contributed by atoms with Gasteiger partial charge in [0.15, 0.2) is 0 Å². The second-order valence-corrected chi connectivity index (χ2v) is 5.24. The van der Waals surface area contributed by atoms with Crippen molar-refractivity contribution in [1.82, 2.24) is 10.2 Å². The van der Waals surface area contributed by atoms with Gasteiger partial charge in [0.1, 0.15) is 0 Å². The number of nitrogens with zero attached hydrogens (tertiary/aromatic N) is 1. The average molecular weight is 280 g/mol. The van der Waals surface area contributed by atoms with Crippen LogP contribution >= 0.6 is 11.3 Å². The van der Waals surface area contributed by atoms with E-state index in [0.29, 0.717) is 6.54 Å². The van der Waals surface area contributed by atoms with Gasteiger partial charge in [-0.05, 0) is 49.2 Å². The molecule has 0 radical (unpaired) electrons. The van der Waals surface area contributed by atoms with E-state index < -0.39 is 0 Å². The van der Waals surface area contributed by atoms with Crippen LogP contribution in [-0.2, 0) is 9.59 Å². The van der Waals surface area contributed by atoms with Crippen LogP contribution in [0, 0.1) is 0 Å². The fourth-order valence-corrected chi connectivity index (χ4v) is 2.16. The maximum atomic E-state index is 12.0. The van der Waals surface area contributed by atoms with Crippen molar-refractivity contribution >= 4 is 29.2 Å². The van der Waals surface area contributed by atoms with E-state index in [0.717, 1.165) is 5.56 Å². The molecule has 1 rings (SSSR count). The van der Waals surface area contributed by atoms with E-state index in [4.69, 9.17) is 0 Å². The lowest BCUT2D eigenvalue weighted by molar-refractivity contribution is -0.132. The minimum Gasteiger partial charge on any atom is -0.352 e. The molecule has 0 aromatic carbocycles. The van der Waals surface area contributed by atoms with Gasteiger partial charge in [0.25, 0.3) is 0 Å². The lowest BCUT2D eigenvalue weighted by atomic mass is 10.3. The van der Waals surface area contributed by atoms with Gasteiger partial charge in [-0.3, -0.25) is 9.59 Å². The quantitative estimate of drug-likeness (QED) is 0.812. The standard InChI is InChI=1S/C14H20N2O2S/c1-4-16(9-13(17)15-11(2)3)14(18)6-5-12-7-8-19-10-12/h5-8,10-11H,4,9H2,1-3H3,(H,15,17)/b6-5+. The van der Waals surface area contributed by atoms with Crippen LogP contribution in [0.3, 0.4) is 0 Å². The fourth-order valence-electron chi connectivity index (χ4n) is 1.53. The first kappa shape index (κ1) is 15.4. The number of nitrogens with one attached hydrogen (secondary N) is 1. The zero-order valence-corrected chi connectivity index (χ0v) is 12.4. The Kier molecular flexibility index (Phi) is 6.29. The summed E-state index contributed by atoms with van der Waals surface area (Å²) >= 11 is 1.58. The molecule has 0 atom stereocenters. The molecule has 0 aliphatic heterocycles. The van der Waals surface area contributed by atoms with Gasteiger partial charge in [0.2, 0.25) is 11.8 Å². The molecule has 0 spiro atoms. The molecule has 5 heteroatoms. The molecule has 0 unspecified atom stereocenters. The van der Waals surface area contributed by atoms with Crippen LogP contribution in [0.2, 0.25) is 0 Å². The van der Waals surface area contributed by atoms with Gasteiger partial charge in [-0.25, -0.2) is 0 Å². The molecular weight excluding hydrogens is 260 g/mol. The minimum atomic E-state index is -0.146. The van der Waals surface area contributed by atoms with Crippen molar-refractivity contribution in [2.75, 3.05) is 13.1 Å². The third kappa shape index (κ3) is 5.70. The smallest absolute Gasteiger partial charge is 0.247 e. The lowest BCUT2D eigenvalue weighted by Crippen LogP contribution is -2.42. The summed E-state index contributed by atoms with van der Waals surface area (Å²) < 4.78 is 0. The second kappa shape index (κ2) is 7.74. The molecule has 0 saturated heterocycles. The summed E-state index contributed by atoms with van der Waals surface area (Å²) in [4.78, 5) is 25.1. The molecule has 0 aliphatic rings. The number of amides is 2. The summed E-state index contributed by atoms with van der Waals surface area (Å²) in [5.41, 5.74) is 1.00. The lowest BCUT2D eigenvalue weighted by Gasteiger charge is -2.19. The summed E-state index contributed by atoms with van der Waals surface area (Å²) in [6, 6.07) is 2.03. The predicted octanol–water partition coefficient (Wildman–Crippen LogP) is 2.13. The van der Waals surface area contributed by atoms with E-state index in [1.165, 1.54) is 11.0 Å². The Morgan fingerprint density at radius 3 is 2.74 bits per heavy atom. The van der Waals surface area contributed by atoms with E-state index in [1.807, 2.05) is 37.6 Å². The normalized spacial score (nSPS) is 10.9. The Morgan fingerprint density at radius 1 is 1.47 bits per heavy atom. The molecule has 4 nitrogen and oxygen atoms in total. The first-order valence-electron chi connectivity index (χ1n) is 6.31. The van der Waals surface area contributed by atoms with E-state index in [9.17, 15) is 9.59 Å². The first-order chi connectivity index (χ1) is 9.02. The molecule has 0 aliphatic carbocycles. The van der Waals surface area contributed by atoms with Crippen LogP contribution in [-0.4, -0.2) is 35.8 Å². The predicted molar refractivity (Wildman–Crippen MR) is 78.9 cm³/mol. The summed E-state index contributed by atoms with van der Waals surface area (Å²) in [5, 5.41) is 6.70. The summed E-state index contributed by atoms with van der Waals surface area (Å²) in [5.74, 6) is -0.276. The molecule has 2 amide bonds. The van der Waals surface area contributed by atoms with Crippen molar-refractivity contribution < 1.29 is 9.59 Å². The van der Waals surface area contributed by atoms with Crippen molar-refractivity contribution in [2.24, 2.45) is 0 Å². The van der Waals surface area contributed by atoms with E-state index >= 15 is 0 Å². The first-order valence-corrected chi connectivity index (χ1v) is 7.25. The highest BCUT2D eigenvalue weighted by Crippen LogP contribution is 2.08. The van der Waals surface area contributed by atoms with Gasteiger partial charge in [0, 0.05) is 18.7 Å². The number of rotatable bonds is 6. The Bertz CT molecular complexity index is 438. The molecule has 1 aromatic rings. The van der Waals surface area contributed by atoms with Crippen LogP contribution in [0.15, 0.2) is 22.9 Å². The van der Waals surface area contributed by atoms with Crippen molar-refractivity contribution in [1.29, 1.82) is 0 Å². The van der Waals surface area contributed by atoms with Crippen LogP contribution in [0.25, 0.3) is 6.08 Å². The largest absolute Gasteiger partial charge is 0.352 e. The Morgan fingerprint density at radius 2 is 2.21 bits per heavy atom. The number of hydrogen-bond donors (Lipinski definition) is 1. The zero-order chi connectivity index (χ0) is 14.3. The summed E-state index contributed by atoms with van der Waals surface area (Å²) in [6.07, 6.45) is 3.27. The third-order valence-corrected chi connectivity index (χ3v) is 3.14. The molecule has 0 saturated carbocycles.